The Balaban J connectivity index is 1.99. The minimum atomic E-state index is -3.79. The first-order valence-electron chi connectivity index (χ1n) is 8.20. The number of oxazole rings is 1. The van der Waals surface area contributed by atoms with Gasteiger partial charge in [-0.15, -0.1) is 0 Å². The quantitative estimate of drug-likeness (QED) is 0.315. The van der Waals surface area contributed by atoms with Gasteiger partial charge in [-0.2, -0.15) is 4.98 Å². The van der Waals surface area contributed by atoms with Crippen molar-refractivity contribution in [3.63, 3.8) is 0 Å². The van der Waals surface area contributed by atoms with E-state index in [-0.39, 0.29) is 15.8 Å². The molecule has 2 heterocycles. The molecule has 0 unspecified atom stereocenters. The van der Waals surface area contributed by atoms with Gasteiger partial charge >= 0.3 is 0 Å². The normalized spacial score (nSPS) is 11.8. The lowest BCUT2D eigenvalue weighted by Gasteiger charge is -2.03. The molecule has 8 heteroatoms. The van der Waals surface area contributed by atoms with Crippen molar-refractivity contribution in [2.45, 2.75) is 41.2 Å². The van der Waals surface area contributed by atoms with Crippen molar-refractivity contribution in [1.82, 2.24) is 4.98 Å². The van der Waals surface area contributed by atoms with E-state index in [0.717, 1.165) is 29.5 Å². The molecule has 3 rings (SSSR count). The van der Waals surface area contributed by atoms with E-state index in [1.165, 1.54) is 18.0 Å². The van der Waals surface area contributed by atoms with Crippen molar-refractivity contribution in [3.8, 4) is 11.7 Å². The van der Waals surface area contributed by atoms with Crippen LogP contribution in [0.3, 0.4) is 0 Å². The molecule has 0 atom stereocenters. The highest BCUT2D eigenvalue weighted by Crippen LogP contribution is 2.35. The van der Waals surface area contributed by atoms with Crippen LogP contribution in [0.15, 0.2) is 71.0 Å². The van der Waals surface area contributed by atoms with Gasteiger partial charge in [-0.3, -0.25) is 0 Å². The lowest BCUT2D eigenvalue weighted by atomic mass is 10.3. The van der Waals surface area contributed by atoms with Gasteiger partial charge in [0.25, 0.3) is 5.89 Å². The van der Waals surface area contributed by atoms with E-state index >= 15 is 0 Å². The van der Waals surface area contributed by atoms with Gasteiger partial charge < -0.3 is 8.83 Å². The largest absolute Gasteiger partial charge is 0.459 e. The number of sulfone groups is 1. The molecule has 0 aliphatic heterocycles. The van der Waals surface area contributed by atoms with Gasteiger partial charge in [-0.05, 0) is 42.8 Å². The van der Waals surface area contributed by atoms with Crippen LogP contribution in [0.1, 0.15) is 26.2 Å². The average Bonchev–Trinajstić information content (AvgIpc) is 3.29. The second kappa shape index (κ2) is 8.45. The Bertz CT molecular complexity index is 948. The van der Waals surface area contributed by atoms with Crippen LogP contribution in [0, 0.1) is 0 Å². The van der Waals surface area contributed by atoms with Crippen molar-refractivity contribution in [1.29, 1.82) is 0 Å². The third-order valence-corrected chi connectivity index (χ3v) is 7.03. The van der Waals surface area contributed by atoms with Gasteiger partial charge in [-0.1, -0.05) is 47.5 Å². The monoisotopic (exact) mass is 455 g/mol. The maximum absolute atomic E-state index is 13.1. The Morgan fingerprint density at radius 1 is 1.15 bits per heavy atom. The molecule has 0 N–H and O–H groups in total. The van der Waals surface area contributed by atoms with E-state index in [9.17, 15) is 8.42 Å². The summed E-state index contributed by atoms with van der Waals surface area (Å²) in [5, 5.41) is 0.239. The molecular formula is C18H18BrNO4S2. The van der Waals surface area contributed by atoms with Crippen LogP contribution in [0.2, 0.25) is 0 Å². The molecule has 3 aromatic rings. The van der Waals surface area contributed by atoms with Gasteiger partial charge in [0, 0.05) is 10.2 Å². The predicted molar refractivity (Wildman–Crippen MR) is 104 cm³/mol. The minimum absolute atomic E-state index is 0.0623. The Kier molecular flexibility index (Phi) is 6.26. The number of furan rings is 1. The van der Waals surface area contributed by atoms with Crippen molar-refractivity contribution in [2.75, 3.05) is 5.75 Å². The molecule has 1 aromatic carbocycles. The summed E-state index contributed by atoms with van der Waals surface area (Å²) < 4.78 is 38.0. The molecule has 138 valence electrons. The van der Waals surface area contributed by atoms with Crippen LogP contribution >= 0.6 is 27.7 Å². The molecular weight excluding hydrogens is 438 g/mol. The Labute approximate surface area is 165 Å². The standard InChI is InChI=1S/C18H18BrNO4S2/c1-2-3-4-12-25-18-17(20-16(24-18)15-6-5-11-23-15)26(21,22)14-9-7-13(19)8-10-14/h5-11H,2-4,12H2,1H3. The molecule has 0 aliphatic rings. The van der Waals surface area contributed by atoms with Crippen LogP contribution in [0.4, 0.5) is 0 Å². The molecule has 0 bridgehead atoms. The summed E-state index contributed by atoms with van der Waals surface area (Å²) in [5.74, 6) is 1.34. The first-order chi connectivity index (χ1) is 12.5. The summed E-state index contributed by atoms with van der Waals surface area (Å²) in [4.78, 5) is 4.42. The second-order valence-corrected chi connectivity index (χ2v) is 9.45. The maximum atomic E-state index is 13.1. The van der Waals surface area contributed by atoms with Crippen molar-refractivity contribution in [3.05, 3.63) is 47.1 Å². The van der Waals surface area contributed by atoms with Crippen LogP contribution in [0.5, 0.6) is 0 Å². The fourth-order valence-electron chi connectivity index (χ4n) is 2.30. The van der Waals surface area contributed by atoms with Gasteiger partial charge in [0.2, 0.25) is 20.0 Å². The summed E-state index contributed by atoms with van der Waals surface area (Å²) in [6, 6.07) is 9.87. The van der Waals surface area contributed by atoms with Crippen LogP contribution in [-0.2, 0) is 9.84 Å². The van der Waals surface area contributed by atoms with Gasteiger partial charge in [0.1, 0.15) is 0 Å². The topological polar surface area (TPSA) is 73.3 Å². The van der Waals surface area contributed by atoms with Crippen molar-refractivity contribution in [2.24, 2.45) is 0 Å². The third-order valence-electron chi connectivity index (χ3n) is 3.66. The van der Waals surface area contributed by atoms with Crippen LogP contribution in [0.25, 0.3) is 11.7 Å². The van der Waals surface area contributed by atoms with E-state index in [2.05, 4.69) is 27.8 Å². The number of benzene rings is 1. The van der Waals surface area contributed by atoms with Crippen molar-refractivity contribution >= 4 is 37.5 Å². The summed E-state index contributed by atoms with van der Waals surface area (Å²) in [5.41, 5.74) is 0. The zero-order chi connectivity index (χ0) is 18.6. The van der Waals surface area contributed by atoms with Crippen LogP contribution in [-0.4, -0.2) is 19.2 Å². The molecule has 0 fully saturated rings. The number of hydrogen-bond donors (Lipinski definition) is 0. The average molecular weight is 456 g/mol. The number of nitrogens with zero attached hydrogens (tertiary/aromatic N) is 1. The molecule has 2 aromatic heterocycles. The lowest BCUT2D eigenvalue weighted by Crippen LogP contribution is -2.04. The van der Waals surface area contributed by atoms with Gasteiger partial charge in [0.05, 0.1) is 11.2 Å². The van der Waals surface area contributed by atoms with E-state index in [4.69, 9.17) is 8.83 Å². The fraction of sp³-hybridized carbons (Fsp3) is 0.278. The molecule has 0 saturated carbocycles. The molecule has 0 amide bonds. The highest BCUT2D eigenvalue weighted by Gasteiger charge is 2.29. The number of rotatable bonds is 8. The van der Waals surface area contributed by atoms with E-state index in [1.807, 2.05) is 0 Å². The third kappa shape index (κ3) is 4.24. The smallest absolute Gasteiger partial charge is 0.265 e. The summed E-state index contributed by atoms with van der Waals surface area (Å²) in [7, 11) is -3.79. The Morgan fingerprint density at radius 3 is 2.58 bits per heavy atom. The Morgan fingerprint density at radius 2 is 1.92 bits per heavy atom. The maximum Gasteiger partial charge on any atom is 0.265 e. The molecule has 5 nitrogen and oxygen atoms in total. The fourth-order valence-corrected chi connectivity index (χ4v) is 5.09. The molecule has 0 saturated heterocycles. The number of aromatic nitrogens is 1. The number of hydrogen-bond acceptors (Lipinski definition) is 6. The number of thioether (sulfide) groups is 1. The lowest BCUT2D eigenvalue weighted by molar-refractivity contribution is 0.451. The van der Waals surface area contributed by atoms with Gasteiger partial charge in [0.15, 0.2) is 5.76 Å². The van der Waals surface area contributed by atoms with Crippen molar-refractivity contribution < 1.29 is 17.3 Å². The molecule has 0 aliphatic carbocycles. The zero-order valence-electron chi connectivity index (χ0n) is 14.1. The van der Waals surface area contributed by atoms with Gasteiger partial charge in [-0.25, -0.2) is 8.42 Å². The molecule has 26 heavy (non-hydrogen) atoms. The van der Waals surface area contributed by atoms with Crippen LogP contribution < -0.4 is 0 Å². The Hall–Kier alpha value is -1.51. The van der Waals surface area contributed by atoms with E-state index in [0.29, 0.717) is 10.9 Å². The first-order valence-corrected chi connectivity index (χ1v) is 11.5. The summed E-state index contributed by atoms with van der Waals surface area (Å²) >= 11 is 4.69. The SMILES string of the molecule is CCCCCSc1oc(-c2ccco2)nc1S(=O)(=O)c1ccc(Br)cc1. The molecule has 0 radical (unpaired) electrons. The highest BCUT2D eigenvalue weighted by molar-refractivity contribution is 9.10. The number of halogens is 1. The predicted octanol–water partition coefficient (Wildman–Crippen LogP) is 5.81. The summed E-state index contributed by atoms with van der Waals surface area (Å²) in [6.45, 7) is 2.12. The van der Waals surface area contributed by atoms with E-state index in [1.54, 1.807) is 36.4 Å². The highest BCUT2D eigenvalue weighted by atomic mass is 79.9. The minimum Gasteiger partial charge on any atom is -0.459 e. The zero-order valence-corrected chi connectivity index (χ0v) is 17.4. The number of unbranched alkanes of at least 4 members (excludes halogenated alkanes) is 2. The summed E-state index contributed by atoms with van der Waals surface area (Å²) in [6.07, 6.45) is 4.66. The first kappa shape index (κ1) is 19.3. The van der Waals surface area contributed by atoms with E-state index < -0.39 is 9.84 Å². The molecule has 0 spiro atoms. The second-order valence-electron chi connectivity index (χ2n) is 5.60.